The number of nitrogens with zero attached hydrogens (tertiary/aromatic N) is 2. The molecule has 1 heterocycles. The zero-order valence-corrected chi connectivity index (χ0v) is 6.61. The topological polar surface area (TPSA) is 25.8 Å². The van der Waals surface area contributed by atoms with Crippen LogP contribution in [0.25, 0.3) is 0 Å². The lowest BCUT2D eigenvalue weighted by Gasteiger charge is -1.98. The number of halogens is 1. The first-order valence-electron chi connectivity index (χ1n) is 6.41. The van der Waals surface area contributed by atoms with E-state index in [0.29, 0.717) is 5.56 Å². The van der Waals surface area contributed by atoms with Gasteiger partial charge in [-0.05, 0) is 24.9 Å². The molecule has 0 amide bonds. The summed E-state index contributed by atoms with van der Waals surface area (Å²) in [4.78, 5) is 0. The smallest absolute Gasteiger partial charge is 0.154 e. The molecule has 0 spiro atoms. The molecule has 11 heavy (non-hydrogen) atoms. The summed E-state index contributed by atoms with van der Waals surface area (Å²) in [6.07, 6.45) is -5.89. The van der Waals surface area contributed by atoms with Gasteiger partial charge in [-0.3, -0.25) is 0 Å². The SMILES string of the molecule is [2H]C([2H])([2H])C([2H])([2H])C([2H])([2H])c1cc(C)c(Cl)nn1. The lowest BCUT2D eigenvalue weighted by Crippen LogP contribution is -1.94. The van der Waals surface area contributed by atoms with Crippen molar-refractivity contribution in [3.63, 3.8) is 0 Å². The Morgan fingerprint density at radius 2 is 2.55 bits per heavy atom. The molecule has 0 unspecified atom stereocenters. The van der Waals surface area contributed by atoms with Crippen LogP contribution in [-0.4, -0.2) is 10.2 Å². The summed E-state index contributed by atoms with van der Waals surface area (Å²) in [6, 6.07) is 1.19. The third kappa shape index (κ3) is 2.15. The molecule has 0 fully saturated rings. The first kappa shape index (κ1) is 3.02. The van der Waals surface area contributed by atoms with Crippen molar-refractivity contribution < 1.29 is 9.60 Å². The Labute approximate surface area is 81.4 Å². The van der Waals surface area contributed by atoms with Gasteiger partial charge in [0.1, 0.15) is 0 Å². The van der Waals surface area contributed by atoms with Gasteiger partial charge in [0.2, 0.25) is 0 Å². The first-order valence-corrected chi connectivity index (χ1v) is 3.29. The Kier molecular flexibility index (Phi) is 1.01. The molecule has 1 aromatic heterocycles. The van der Waals surface area contributed by atoms with Crippen LogP contribution < -0.4 is 0 Å². The quantitative estimate of drug-likeness (QED) is 0.694. The molecule has 0 atom stereocenters. The van der Waals surface area contributed by atoms with E-state index in [0.717, 1.165) is 0 Å². The standard InChI is InChI=1S/C8H11ClN2/c1-3-4-7-5-6(2)8(9)11-10-7/h5H,3-4H2,1-2H3/i1D3,3D2,4D2. The van der Waals surface area contributed by atoms with E-state index in [1.165, 1.54) is 6.07 Å². The van der Waals surface area contributed by atoms with Gasteiger partial charge in [0.25, 0.3) is 0 Å². The monoisotopic (exact) mass is 177 g/mol. The molecular formula is C8H11ClN2. The highest BCUT2D eigenvalue weighted by molar-refractivity contribution is 6.30. The van der Waals surface area contributed by atoms with Crippen LogP contribution in [0.3, 0.4) is 0 Å². The first-order chi connectivity index (χ1) is 7.91. The van der Waals surface area contributed by atoms with E-state index >= 15 is 0 Å². The lowest BCUT2D eigenvalue weighted by atomic mass is 10.2. The highest BCUT2D eigenvalue weighted by atomic mass is 35.5. The van der Waals surface area contributed by atoms with Gasteiger partial charge in [0.15, 0.2) is 5.15 Å². The molecule has 60 valence electrons. The minimum absolute atomic E-state index is 0.0593. The predicted molar refractivity (Wildman–Crippen MR) is 45.8 cm³/mol. The van der Waals surface area contributed by atoms with Crippen molar-refractivity contribution in [2.75, 3.05) is 0 Å². The molecule has 1 rings (SSSR count). The van der Waals surface area contributed by atoms with Gasteiger partial charge in [-0.1, -0.05) is 24.8 Å². The largest absolute Gasteiger partial charge is 0.154 e. The second-order valence-electron chi connectivity index (χ2n) is 1.95. The molecular weight excluding hydrogens is 160 g/mol. The van der Waals surface area contributed by atoms with Crippen LogP contribution in [0.5, 0.6) is 0 Å². The Hall–Kier alpha value is -0.630. The maximum absolute atomic E-state index is 7.68. The number of aromatic nitrogens is 2. The van der Waals surface area contributed by atoms with Crippen LogP contribution in [0.1, 0.15) is 34.1 Å². The van der Waals surface area contributed by atoms with Crippen molar-refractivity contribution in [1.82, 2.24) is 10.2 Å². The normalized spacial score (nSPS) is 23.3. The maximum atomic E-state index is 7.68. The van der Waals surface area contributed by atoms with Gasteiger partial charge in [0.05, 0.1) is 5.69 Å². The average molecular weight is 178 g/mol. The summed E-state index contributed by atoms with van der Waals surface area (Å²) in [5.41, 5.74) is -0.00240. The molecule has 0 bridgehead atoms. The molecule has 0 saturated heterocycles. The Bertz CT molecular complexity index is 457. The van der Waals surface area contributed by atoms with Crippen molar-refractivity contribution in [3.8, 4) is 0 Å². The van der Waals surface area contributed by atoms with E-state index in [2.05, 4.69) is 10.2 Å². The van der Waals surface area contributed by atoms with E-state index in [-0.39, 0.29) is 5.15 Å². The fourth-order valence-corrected chi connectivity index (χ4v) is 0.688. The van der Waals surface area contributed by atoms with Crippen LogP contribution in [0.15, 0.2) is 6.07 Å². The molecule has 0 aliphatic rings. The van der Waals surface area contributed by atoms with Gasteiger partial charge in [-0.25, -0.2) is 0 Å². The minimum Gasteiger partial charge on any atom is -0.154 e. The summed E-state index contributed by atoms with van der Waals surface area (Å²) < 4.78 is 51.5. The van der Waals surface area contributed by atoms with Crippen LogP contribution in [0.2, 0.25) is 5.15 Å². The number of rotatable bonds is 2. The van der Waals surface area contributed by atoms with E-state index < -0.39 is 25.3 Å². The molecule has 2 nitrogen and oxygen atoms in total. The highest BCUT2D eigenvalue weighted by Crippen LogP contribution is 2.11. The highest BCUT2D eigenvalue weighted by Gasteiger charge is 1.98. The predicted octanol–water partition coefficient (Wildman–Crippen LogP) is 2.39. The summed E-state index contributed by atoms with van der Waals surface area (Å²) in [5, 5.41) is 6.97. The Morgan fingerprint density at radius 1 is 1.73 bits per heavy atom. The van der Waals surface area contributed by atoms with Gasteiger partial charge in [-0.15, -0.1) is 5.10 Å². The molecule has 0 saturated carbocycles. The zero-order chi connectivity index (χ0) is 14.4. The van der Waals surface area contributed by atoms with Gasteiger partial charge < -0.3 is 0 Å². The second-order valence-corrected chi connectivity index (χ2v) is 2.31. The van der Waals surface area contributed by atoms with Crippen LogP contribution in [-0.2, 0) is 6.37 Å². The van der Waals surface area contributed by atoms with Crippen molar-refractivity contribution >= 4 is 11.6 Å². The second kappa shape index (κ2) is 3.67. The summed E-state index contributed by atoms with van der Waals surface area (Å²) in [5.74, 6) is 0. The summed E-state index contributed by atoms with van der Waals surface area (Å²) >= 11 is 5.63. The van der Waals surface area contributed by atoms with Crippen molar-refractivity contribution in [1.29, 1.82) is 0 Å². The van der Waals surface area contributed by atoms with Crippen LogP contribution >= 0.6 is 11.6 Å². The van der Waals surface area contributed by atoms with Gasteiger partial charge in [-0.2, -0.15) is 5.10 Å². The zero-order valence-electron chi connectivity index (χ0n) is 12.8. The number of hydrogen-bond donors (Lipinski definition) is 0. The van der Waals surface area contributed by atoms with E-state index in [4.69, 9.17) is 21.2 Å². The van der Waals surface area contributed by atoms with Crippen LogP contribution in [0, 0.1) is 6.92 Å². The molecule has 0 aliphatic carbocycles. The fraction of sp³-hybridized carbons (Fsp3) is 0.500. The third-order valence-corrected chi connectivity index (χ3v) is 1.49. The van der Waals surface area contributed by atoms with Gasteiger partial charge >= 0.3 is 0 Å². The number of hydrogen-bond acceptors (Lipinski definition) is 2. The molecule has 0 radical (unpaired) electrons. The van der Waals surface area contributed by atoms with Crippen molar-refractivity contribution in [3.05, 3.63) is 22.5 Å². The Balaban J connectivity index is 3.33. The van der Waals surface area contributed by atoms with Crippen molar-refractivity contribution in [2.24, 2.45) is 0 Å². The maximum Gasteiger partial charge on any atom is 0.154 e. The van der Waals surface area contributed by atoms with E-state index in [9.17, 15) is 0 Å². The summed E-state index contributed by atoms with van der Waals surface area (Å²) in [7, 11) is 0. The minimum atomic E-state index is -3.12. The molecule has 0 N–H and O–H groups in total. The van der Waals surface area contributed by atoms with E-state index in [1.54, 1.807) is 6.92 Å². The average Bonchev–Trinajstić information content (AvgIpc) is 2.20. The molecule has 1 aromatic rings. The third-order valence-electron chi connectivity index (χ3n) is 1.11. The fourth-order valence-electron chi connectivity index (χ4n) is 0.595. The molecule has 3 heteroatoms. The number of aryl methyl sites for hydroxylation is 2. The van der Waals surface area contributed by atoms with Gasteiger partial charge in [0, 0.05) is 9.60 Å². The summed E-state index contributed by atoms with van der Waals surface area (Å²) in [6.45, 7) is -1.58. The van der Waals surface area contributed by atoms with Crippen molar-refractivity contribution in [2.45, 2.75) is 26.5 Å². The van der Waals surface area contributed by atoms with Crippen LogP contribution in [0.4, 0.5) is 0 Å². The molecule has 0 aliphatic heterocycles. The lowest BCUT2D eigenvalue weighted by molar-refractivity contribution is 0.834. The molecule has 0 aromatic carbocycles. The van der Waals surface area contributed by atoms with E-state index in [1.807, 2.05) is 0 Å². The Morgan fingerprint density at radius 3 is 3.18 bits per heavy atom.